The van der Waals surface area contributed by atoms with Crippen molar-refractivity contribution < 1.29 is 18.0 Å². The molecule has 1 amide bonds. The SMILES string of the molecule is CN1CCC(Nc2cc(C(F)(F)F)ncc2N)C1=O. The number of carbonyl (C=O) groups excluding carboxylic acids is 1. The number of hydrogen-bond acceptors (Lipinski definition) is 4. The average molecular weight is 274 g/mol. The molecule has 1 atom stereocenters. The molecule has 2 rings (SSSR count). The standard InChI is InChI=1S/C11H13F3N4O/c1-18-3-2-7(10(18)19)17-8-4-9(11(12,13)14)16-5-6(8)15/h4-5,7H,2-3,15H2,1H3,(H,16,17). The number of alkyl halides is 3. The first-order valence-corrected chi connectivity index (χ1v) is 5.63. The van der Waals surface area contributed by atoms with Crippen LogP contribution in [0.25, 0.3) is 0 Å². The summed E-state index contributed by atoms with van der Waals surface area (Å²) in [5.41, 5.74) is 4.69. The lowest BCUT2D eigenvalue weighted by Gasteiger charge is -2.16. The fraction of sp³-hybridized carbons (Fsp3) is 0.455. The van der Waals surface area contributed by atoms with Gasteiger partial charge < -0.3 is 16.0 Å². The predicted molar refractivity (Wildman–Crippen MR) is 63.3 cm³/mol. The Hall–Kier alpha value is -1.99. The first-order chi connectivity index (χ1) is 8.79. The normalized spacial score (nSPS) is 19.9. The van der Waals surface area contributed by atoms with Gasteiger partial charge in [-0.1, -0.05) is 0 Å². The Labute approximate surface area is 107 Å². The molecule has 0 aromatic carbocycles. The second-order valence-electron chi connectivity index (χ2n) is 4.40. The lowest BCUT2D eigenvalue weighted by molar-refractivity contribution is -0.141. The van der Waals surface area contributed by atoms with Crippen molar-refractivity contribution in [3.63, 3.8) is 0 Å². The number of likely N-dealkylation sites (N-methyl/N-ethyl adjacent to an activating group) is 1. The van der Waals surface area contributed by atoms with Gasteiger partial charge in [-0.25, -0.2) is 4.98 Å². The van der Waals surface area contributed by atoms with E-state index < -0.39 is 17.9 Å². The summed E-state index contributed by atoms with van der Waals surface area (Å²) < 4.78 is 37.6. The highest BCUT2D eigenvalue weighted by molar-refractivity contribution is 5.87. The molecule has 0 aliphatic carbocycles. The topological polar surface area (TPSA) is 71.2 Å². The highest BCUT2D eigenvalue weighted by atomic mass is 19.4. The van der Waals surface area contributed by atoms with E-state index in [0.717, 1.165) is 12.3 Å². The van der Waals surface area contributed by atoms with Gasteiger partial charge in [0, 0.05) is 13.6 Å². The van der Waals surface area contributed by atoms with Gasteiger partial charge in [0.25, 0.3) is 0 Å². The van der Waals surface area contributed by atoms with E-state index in [1.54, 1.807) is 7.05 Å². The molecule has 104 valence electrons. The minimum absolute atomic E-state index is 0.0790. The third-order valence-corrected chi connectivity index (χ3v) is 2.98. The Kier molecular flexibility index (Phi) is 3.25. The minimum Gasteiger partial charge on any atom is -0.396 e. The first-order valence-electron chi connectivity index (χ1n) is 5.63. The van der Waals surface area contributed by atoms with E-state index in [1.807, 2.05) is 0 Å². The van der Waals surface area contributed by atoms with Crippen LogP contribution in [0.1, 0.15) is 12.1 Å². The number of carbonyl (C=O) groups is 1. The number of nitrogens with zero attached hydrogens (tertiary/aromatic N) is 2. The molecular formula is C11H13F3N4O. The number of nitrogen functional groups attached to an aromatic ring is 1. The molecule has 1 fully saturated rings. The maximum Gasteiger partial charge on any atom is 0.433 e. The number of nitrogens with two attached hydrogens (primary N) is 1. The number of hydrogen-bond donors (Lipinski definition) is 2. The summed E-state index contributed by atoms with van der Waals surface area (Å²) in [5.74, 6) is -0.162. The number of halogens is 3. The molecule has 1 unspecified atom stereocenters. The van der Waals surface area contributed by atoms with Crippen LogP contribution < -0.4 is 11.1 Å². The summed E-state index contributed by atoms with van der Waals surface area (Å²) in [6.07, 6.45) is -3.08. The van der Waals surface area contributed by atoms with E-state index in [2.05, 4.69) is 10.3 Å². The van der Waals surface area contributed by atoms with Crippen LogP contribution in [0.2, 0.25) is 0 Å². The maximum atomic E-state index is 12.5. The van der Waals surface area contributed by atoms with Gasteiger partial charge in [-0.05, 0) is 12.5 Å². The number of pyridine rings is 1. The van der Waals surface area contributed by atoms with Crippen molar-refractivity contribution in [1.29, 1.82) is 0 Å². The minimum atomic E-state index is -4.54. The van der Waals surface area contributed by atoms with Crippen LogP contribution in [-0.4, -0.2) is 35.4 Å². The molecule has 19 heavy (non-hydrogen) atoms. The number of nitrogens with one attached hydrogen (secondary N) is 1. The molecule has 1 aliphatic rings. The van der Waals surface area contributed by atoms with Gasteiger partial charge in [0.05, 0.1) is 17.6 Å². The van der Waals surface area contributed by atoms with Crippen molar-refractivity contribution >= 4 is 17.3 Å². The van der Waals surface area contributed by atoms with Crippen molar-refractivity contribution in [2.75, 3.05) is 24.6 Å². The quantitative estimate of drug-likeness (QED) is 0.853. The fourth-order valence-electron chi connectivity index (χ4n) is 1.89. The van der Waals surface area contributed by atoms with Gasteiger partial charge in [-0.2, -0.15) is 13.2 Å². The molecule has 0 radical (unpaired) electrons. The zero-order valence-corrected chi connectivity index (χ0v) is 10.2. The summed E-state index contributed by atoms with van der Waals surface area (Å²) in [6.45, 7) is 0.563. The highest BCUT2D eigenvalue weighted by Gasteiger charge is 2.34. The zero-order valence-electron chi connectivity index (χ0n) is 10.2. The van der Waals surface area contributed by atoms with Gasteiger partial charge >= 0.3 is 6.18 Å². The second kappa shape index (κ2) is 4.60. The van der Waals surface area contributed by atoms with Gasteiger partial charge in [-0.15, -0.1) is 0 Å². The van der Waals surface area contributed by atoms with Crippen molar-refractivity contribution in [3.8, 4) is 0 Å². The van der Waals surface area contributed by atoms with E-state index in [1.165, 1.54) is 4.90 Å². The third-order valence-electron chi connectivity index (χ3n) is 2.98. The van der Waals surface area contributed by atoms with E-state index in [9.17, 15) is 18.0 Å². The molecule has 1 aromatic rings. The van der Waals surface area contributed by atoms with Crippen molar-refractivity contribution in [1.82, 2.24) is 9.88 Å². The van der Waals surface area contributed by atoms with Crippen LogP contribution in [0.15, 0.2) is 12.3 Å². The largest absolute Gasteiger partial charge is 0.433 e. The Morgan fingerprint density at radius 1 is 1.53 bits per heavy atom. The number of likely N-dealkylation sites (tertiary alicyclic amines) is 1. The predicted octanol–water partition coefficient (Wildman–Crippen LogP) is 1.33. The lowest BCUT2D eigenvalue weighted by Crippen LogP contribution is -2.31. The lowest BCUT2D eigenvalue weighted by atomic mass is 10.2. The number of aromatic nitrogens is 1. The molecule has 5 nitrogen and oxygen atoms in total. The van der Waals surface area contributed by atoms with E-state index >= 15 is 0 Å². The number of rotatable bonds is 2. The molecule has 8 heteroatoms. The summed E-state index contributed by atoms with van der Waals surface area (Å²) in [6, 6.07) is 0.275. The van der Waals surface area contributed by atoms with Crippen LogP contribution in [0.4, 0.5) is 24.5 Å². The molecule has 3 N–H and O–H groups in total. The van der Waals surface area contributed by atoms with Crippen molar-refractivity contribution in [2.45, 2.75) is 18.6 Å². The Balaban J connectivity index is 2.23. The Morgan fingerprint density at radius 2 is 2.21 bits per heavy atom. The van der Waals surface area contributed by atoms with Crippen LogP contribution in [0.5, 0.6) is 0 Å². The fourth-order valence-corrected chi connectivity index (χ4v) is 1.89. The third kappa shape index (κ3) is 2.72. The summed E-state index contributed by atoms with van der Waals surface area (Å²) in [7, 11) is 1.64. The molecule has 0 saturated carbocycles. The first kappa shape index (κ1) is 13.4. The van der Waals surface area contributed by atoms with Crippen LogP contribution >= 0.6 is 0 Å². The number of amides is 1. The molecule has 0 spiro atoms. The van der Waals surface area contributed by atoms with Crippen LogP contribution in [-0.2, 0) is 11.0 Å². The molecule has 1 aliphatic heterocycles. The Morgan fingerprint density at radius 3 is 2.74 bits per heavy atom. The molecule has 2 heterocycles. The van der Waals surface area contributed by atoms with E-state index in [0.29, 0.717) is 13.0 Å². The summed E-state index contributed by atoms with van der Waals surface area (Å²) in [5, 5.41) is 2.75. The van der Waals surface area contributed by atoms with Crippen LogP contribution in [0, 0.1) is 0 Å². The monoisotopic (exact) mass is 274 g/mol. The van der Waals surface area contributed by atoms with E-state index in [4.69, 9.17) is 5.73 Å². The zero-order chi connectivity index (χ0) is 14.2. The van der Waals surface area contributed by atoms with Crippen molar-refractivity contribution in [2.24, 2.45) is 0 Å². The Bertz CT molecular complexity index is 503. The smallest absolute Gasteiger partial charge is 0.396 e. The second-order valence-corrected chi connectivity index (χ2v) is 4.40. The maximum absolute atomic E-state index is 12.5. The molecule has 1 saturated heterocycles. The van der Waals surface area contributed by atoms with Gasteiger partial charge in [0.15, 0.2) is 0 Å². The highest BCUT2D eigenvalue weighted by Crippen LogP contribution is 2.31. The summed E-state index contributed by atoms with van der Waals surface area (Å²) >= 11 is 0. The summed E-state index contributed by atoms with van der Waals surface area (Å²) in [4.78, 5) is 16.4. The van der Waals surface area contributed by atoms with Crippen LogP contribution in [0.3, 0.4) is 0 Å². The number of anilines is 2. The van der Waals surface area contributed by atoms with Gasteiger partial charge in [0.1, 0.15) is 11.7 Å². The van der Waals surface area contributed by atoms with Gasteiger partial charge in [0.2, 0.25) is 5.91 Å². The van der Waals surface area contributed by atoms with Crippen molar-refractivity contribution in [3.05, 3.63) is 18.0 Å². The molecule has 0 bridgehead atoms. The van der Waals surface area contributed by atoms with E-state index in [-0.39, 0.29) is 17.3 Å². The average Bonchev–Trinajstić information content (AvgIpc) is 2.62. The molecular weight excluding hydrogens is 261 g/mol. The molecule has 1 aromatic heterocycles. The van der Waals surface area contributed by atoms with Gasteiger partial charge in [-0.3, -0.25) is 4.79 Å².